The van der Waals surface area contributed by atoms with Crippen LogP contribution in [0.4, 0.5) is 22.4 Å². The number of aliphatic carboxylic acids is 1. The molecule has 2 aromatic carbocycles. The summed E-state index contributed by atoms with van der Waals surface area (Å²) >= 11 is 11.9. The Kier molecular flexibility index (Phi) is 10.6. The average Bonchev–Trinajstić information content (AvgIpc) is 2.90. The van der Waals surface area contributed by atoms with Crippen LogP contribution in [0.15, 0.2) is 24.3 Å². The van der Waals surface area contributed by atoms with Gasteiger partial charge in [-0.15, -0.1) is 0 Å². The smallest absolute Gasteiger partial charge is 0.410 e. The van der Waals surface area contributed by atoms with Gasteiger partial charge in [-0.2, -0.15) is 8.78 Å². The maximum absolute atomic E-state index is 13.8. The second kappa shape index (κ2) is 13.7. The zero-order valence-corrected chi connectivity index (χ0v) is 22.0. The van der Waals surface area contributed by atoms with E-state index in [2.05, 4.69) is 10.1 Å². The van der Waals surface area contributed by atoms with Gasteiger partial charge in [0.2, 0.25) is 17.5 Å². The molecular weight excluding hydrogens is 587 g/mol. The highest BCUT2D eigenvalue weighted by Gasteiger charge is 2.32. The molecule has 0 radical (unpaired) electrons. The summed E-state index contributed by atoms with van der Waals surface area (Å²) in [6.45, 7) is -1.05. The van der Waals surface area contributed by atoms with Crippen molar-refractivity contribution in [2.45, 2.75) is 31.9 Å². The number of carboxylic acid groups (broad SMARTS) is 1. The van der Waals surface area contributed by atoms with Gasteiger partial charge in [0.15, 0.2) is 23.2 Å². The van der Waals surface area contributed by atoms with Gasteiger partial charge in [-0.1, -0.05) is 29.3 Å². The third-order valence-electron chi connectivity index (χ3n) is 6.00. The van der Waals surface area contributed by atoms with E-state index >= 15 is 0 Å². The van der Waals surface area contributed by atoms with E-state index in [1.807, 2.05) is 0 Å². The summed E-state index contributed by atoms with van der Waals surface area (Å²) in [5, 5.41) is 12.1. The van der Waals surface area contributed by atoms with E-state index in [9.17, 15) is 36.7 Å². The van der Waals surface area contributed by atoms with Crippen LogP contribution in [0.2, 0.25) is 10.0 Å². The number of likely N-dealkylation sites (tertiary alicyclic amines) is 1. The lowest BCUT2D eigenvalue weighted by Crippen LogP contribution is -2.49. The summed E-state index contributed by atoms with van der Waals surface area (Å²) in [7, 11) is 0. The molecule has 15 heteroatoms. The summed E-state index contributed by atoms with van der Waals surface area (Å²) in [6, 6.07) is 2.99. The van der Waals surface area contributed by atoms with Gasteiger partial charge in [0, 0.05) is 40.7 Å². The Hall–Kier alpha value is -3.58. The minimum Gasteiger partial charge on any atom is -0.481 e. The van der Waals surface area contributed by atoms with Gasteiger partial charge in [0.25, 0.3) is 0 Å². The Balaban J connectivity index is 1.53. The first-order valence-corrected chi connectivity index (χ1v) is 12.5. The predicted octanol–water partition coefficient (Wildman–Crippen LogP) is 4.51. The number of carbonyl (C=O) groups excluding carboxylic acids is 3. The van der Waals surface area contributed by atoms with Crippen molar-refractivity contribution >= 4 is 47.0 Å². The van der Waals surface area contributed by atoms with E-state index in [0.29, 0.717) is 15.6 Å². The third kappa shape index (κ3) is 7.98. The molecule has 0 spiro atoms. The molecule has 1 fully saturated rings. The molecule has 3 rings (SSSR count). The normalized spacial score (nSPS) is 14.4. The van der Waals surface area contributed by atoms with E-state index < -0.39 is 77.8 Å². The molecule has 2 N–H and O–H groups in total. The number of benzene rings is 2. The van der Waals surface area contributed by atoms with Crippen LogP contribution < -0.4 is 10.1 Å². The Morgan fingerprint density at radius 3 is 2.23 bits per heavy atom. The maximum Gasteiger partial charge on any atom is 0.410 e. The van der Waals surface area contributed by atoms with Crippen LogP contribution in [0.3, 0.4) is 0 Å². The molecule has 2 aromatic rings. The highest BCUT2D eigenvalue weighted by Crippen LogP contribution is 2.27. The van der Waals surface area contributed by atoms with Gasteiger partial charge in [-0.3, -0.25) is 14.4 Å². The topological polar surface area (TPSA) is 122 Å². The number of nitrogens with one attached hydrogen (secondary N) is 1. The third-order valence-corrected chi connectivity index (χ3v) is 6.59. The first-order valence-electron chi connectivity index (χ1n) is 11.7. The van der Waals surface area contributed by atoms with Crippen molar-refractivity contribution in [2.24, 2.45) is 5.92 Å². The molecule has 0 bridgehead atoms. The number of hydrogen-bond acceptors (Lipinski definition) is 6. The van der Waals surface area contributed by atoms with Crippen LogP contribution in [-0.2, 0) is 25.7 Å². The number of amides is 2. The van der Waals surface area contributed by atoms with Crippen LogP contribution in [0.5, 0.6) is 5.75 Å². The lowest BCUT2D eigenvalue weighted by Gasteiger charge is -2.31. The molecule has 1 heterocycles. The average molecular weight is 609 g/mol. The SMILES string of the molecule is O=C(O)C[C@H](NC(=O)C1CCN(C(=O)OCc2ccc(Cl)cc2Cl)CC1)C(=O)COc1c(F)c(F)cc(F)c1F. The summed E-state index contributed by atoms with van der Waals surface area (Å²) in [5.74, 6) is -12.8. The predicted molar refractivity (Wildman–Crippen MR) is 132 cm³/mol. The van der Waals surface area contributed by atoms with E-state index in [-0.39, 0.29) is 38.6 Å². The molecule has 1 aliphatic rings. The molecule has 216 valence electrons. The number of halogens is 6. The minimum atomic E-state index is -1.88. The van der Waals surface area contributed by atoms with E-state index in [1.54, 1.807) is 12.1 Å². The van der Waals surface area contributed by atoms with Crippen molar-refractivity contribution < 1.29 is 51.3 Å². The largest absolute Gasteiger partial charge is 0.481 e. The zero-order chi connectivity index (χ0) is 29.6. The fourth-order valence-corrected chi connectivity index (χ4v) is 4.29. The van der Waals surface area contributed by atoms with Crippen LogP contribution >= 0.6 is 23.2 Å². The summed E-state index contributed by atoms with van der Waals surface area (Å²) < 4.78 is 64.1. The molecule has 1 saturated heterocycles. The Bertz CT molecular complexity index is 1280. The summed E-state index contributed by atoms with van der Waals surface area (Å²) in [5.41, 5.74) is 0.541. The molecule has 1 atom stereocenters. The number of ether oxygens (including phenoxy) is 2. The quantitative estimate of drug-likeness (QED) is 0.301. The van der Waals surface area contributed by atoms with Crippen LogP contribution in [0.25, 0.3) is 0 Å². The number of carboxylic acids is 1. The van der Waals surface area contributed by atoms with E-state index in [4.69, 9.17) is 33.0 Å². The minimum absolute atomic E-state index is 0.0486. The van der Waals surface area contributed by atoms with Crippen molar-refractivity contribution in [2.75, 3.05) is 19.7 Å². The fourth-order valence-electron chi connectivity index (χ4n) is 3.83. The highest BCUT2D eigenvalue weighted by molar-refractivity contribution is 6.35. The number of nitrogens with zero attached hydrogens (tertiary/aromatic N) is 1. The number of ketones is 1. The molecule has 40 heavy (non-hydrogen) atoms. The monoisotopic (exact) mass is 608 g/mol. The first kappa shape index (κ1) is 31.0. The first-order chi connectivity index (χ1) is 18.9. The van der Waals surface area contributed by atoms with E-state index in [0.717, 1.165) is 0 Å². The molecule has 0 unspecified atom stereocenters. The van der Waals surface area contributed by atoms with Crippen molar-refractivity contribution in [3.63, 3.8) is 0 Å². The van der Waals surface area contributed by atoms with Crippen molar-refractivity contribution in [1.29, 1.82) is 0 Å². The molecule has 0 saturated carbocycles. The second-order valence-electron chi connectivity index (χ2n) is 8.76. The number of carbonyl (C=O) groups is 4. The van der Waals surface area contributed by atoms with Crippen LogP contribution in [0.1, 0.15) is 24.8 Å². The van der Waals surface area contributed by atoms with Crippen molar-refractivity contribution in [3.8, 4) is 5.75 Å². The Morgan fingerprint density at radius 2 is 1.65 bits per heavy atom. The second-order valence-corrected chi connectivity index (χ2v) is 9.61. The standard InChI is InChI=1S/C25H22Cl2F4N2O7/c26-14-2-1-13(15(27)7-14)10-40-25(38)33-5-3-12(4-6-33)24(37)32-18(9-20(35)36)19(34)11-39-23-21(30)16(28)8-17(29)22(23)31/h1-2,7-8,12,18H,3-6,9-11H2,(H,32,37)(H,35,36)/t18-/m0/s1. The molecule has 9 nitrogen and oxygen atoms in total. The number of piperidine rings is 1. The highest BCUT2D eigenvalue weighted by atomic mass is 35.5. The van der Waals surface area contributed by atoms with Gasteiger partial charge in [-0.25, -0.2) is 13.6 Å². The Morgan fingerprint density at radius 1 is 1.02 bits per heavy atom. The number of rotatable bonds is 10. The number of Topliss-reactive ketones (excluding diaryl/α,β-unsaturated/α-hetero) is 1. The zero-order valence-electron chi connectivity index (χ0n) is 20.5. The fraction of sp³-hybridized carbons (Fsp3) is 0.360. The molecule has 0 aromatic heterocycles. The van der Waals surface area contributed by atoms with Crippen LogP contribution in [0, 0.1) is 29.2 Å². The van der Waals surface area contributed by atoms with Crippen molar-refractivity contribution in [1.82, 2.24) is 10.2 Å². The maximum atomic E-state index is 13.8. The molecule has 0 aliphatic carbocycles. The number of hydrogen-bond donors (Lipinski definition) is 2. The lowest BCUT2D eigenvalue weighted by molar-refractivity contribution is -0.141. The van der Waals surface area contributed by atoms with Crippen molar-refractivity contribution in [3.05, 3.63) is 63.1 Å². The van der Waals surface area contributed by atoms with Gasteiger partial charge in [-0.05, 0) is 25.0 Å². The van der Waals surface area contributed by atoms with E-state index in [1.165, 1.54) is 11.0 Å². The molecule has 1 aliphatic heterocycles. The lowest BCUT2D eigenvalue weighted by atomic mass is 9.95. The molecular formula is C25H22Cl2F4N2O7. The Labute approximate surface area is 234 Å². The van der Waals surface area contributed by atoms with Gasteiger partial charge >= 0.3 is 12.1 Å². The summed E-state index contributed by atoms with van der Waals surface area (Å²) in [6.07, 6.45) is -1.22. The van der Waals surface area contributed by atoms with Gasteiger partial charge < -0.3 is 24.8 Å². The summed E-state index contributed by atoms with van der Waals surface area (Å²) in [4.78, 5) is 50.2. The van der Waals surface area contributed by atoms with Gasteiger partial charge in [0.05, 0.1) is 6.42 Å². The van der Waals surface area contributed by atoms with Gasteiger partial charge in [0.1, 0.15) is 19.3 Å². The molecule has 2 amide bonds. The van der Waals surface area contributed by atoms with Crippen LogP contribution in [-0.4, -0.2) is 59.5 Å².